The van der Waals surface area contributed by atoms with Gasteiger partial charge in [0.2, 0.25) is 0 Å². The van der Waals surface area contributed by atoms with Crippen molar-refractivity contribution in [1.82, 2.24) is 0 Å². The van der Waals surface area contributed by atoms with Crippen LogP contribution in [0.1, 0.15) is 53.3 Å². The second-order valence-corrected chi connectivity index (χ2v) is 6.66. The van der Waals surface area contributed by atoms with E-state index in [1.807, 2.05) is 0 Å². The molecule has 0 saturated heterocycles. The molecule has 1 aliphatic rings. The van der Waals surface area contributed by atoms with Gasteiger partial charge in [-0.25, -0.2) is 4.79 Å². The van der Waals surface area contributed by atoms with Crippen molar-refractivity contribution in [3.05, 3.63) is 106 Å². The van der Waals surface area contributed by atoms with Crippen molar-refractivity contribution in [1.29, 1.82) is 0 Å². The maximum atomic E-state index is 13.1. The molecule has 150 valence electrons. The van der Waals surface area contributed by atoms with E-state index in [-0.39, 0.29) is 33.4 Å². The van der Waals surface area contributed by atoms with Gasteiger partial charge in [0.05, 0.1) is 11.1 Å². The third-order valence-corrected chi connectivity index (χ3v) is 4.85. The molecule has 3 aromatic carbocycles. The van der Waals surface area contributed by atoms with Crippen molar-refractivity contribution in [3.8, 4) is 0 Å². The average molecular weight is 410 g/mol. The van der Waals surface area contributed by atoms with Crippen molar-refractivity contribution in [2.75, 3.05) is 0 Å². The topological polar surface area (TPSA) is 60.4 Å². The lowest BCUT2D eigenvalue weighted by Crippen LogP contribution is -2.24. The number of carbonyl (C=O) groups is 3. The van der Waals surface area contributed by atoms with Crippen LogP contribution in [0.25, 0.3) is 0 Å². The Balaban J connectivity index is 1.67. The number of halogens is 3. The normalized spacial score (nSPS) is 12.9. The first-order valence-corrected chi connectivity index (χ1v) is 8.92. The van der Waals surface area contributed by atoms with E-state index in [0.29, 0.717) is 0 Å². The molecule has 0 heterocycles. The first-order chi connectivity index (χ1) is 14.3. The van der Waals surface area contributed by atoms with Gasteiger partial charge >= 0.3 is 12.1 Å². The number of benzene rings is 3. The molecule has 0 saturated carbocycles. The molecule has 0 unspecified atom stereocenters. The predicted molar refractivity (Wildman–Crippen MR) is 100 cm³/mol. The van der Waals surface area contributed by atoms with E-state index < -0.39 is 35.9 Å². The van der Waals surface area contributed by atoms with E-state index in [2.05, 4.69) is 0 Å². The number of fused-ring (bicyclic) bond motifs is 2. The third kappa shape index (κ3) is 3.28. The molecule has 0 fully saturated rings. The van der Waals surface area contributed by atoms with Crippen LogP contribution < -0.4 is 0 Å². The summed E-state index contributed by atoms with van der Waals surface area (Å²) >= 11 is 0. The van der Waals surface area contributed by atoms with Gasteiger partial charge < -0.3 is 4.74 Å². The Labute approximate surface area is 168 Å². The smallest absolute Gasteiger partial charge is 0.416 e. The van der Waals surface area contributed by atoms with E-state index in [0.717, 1.165) is 6.07 Å². The summed E-state index contributed by atoms with van der Waals surface area (Å²) in [5, 5.41) is 0. The van der Waals surface area contributed by atoms with Gasteiger partial charge in [0.1, 0.15) is 6.61 Å². The minimum absolute atomic E-state index is 0.0591. The third-order valence-electron chi connectivity index (χ3n) is 4.85. The number of ether oxygens (including phenoxy) is 1. The van der Waals surface area contributed by atoms with E-state index in [1.165, 1.54) is 48.5 Å². The molecule has 1 aliphatic carbocycles. The van der Waals surface area contributed by atoms with Crippen LogP contribution in [0.4, 0.5) is 13.2 Å². The van der Waals surface area contributed by atoms with Gasteiger partial charge in [-0.15, -0.1) is 0 Å². The molecule has 7 heteroatoms. The summed E-state index contributed by atoms with van der Waals surface area (Å²) in [5.74, 6) is -1.90. The number of rotatable bonds is 3. The van der Waals surface area contributed by atoms with Crippen LogP contribution in [0.15, 0.2) is 66.7 Å². The van der Waals surface area contributed by atoms with Crippen LogP contribution in [0.3, 0.4) is 0 Å². The van der Waals surface area contributed by atoms with Gasteiger partial charge in [0.25, 0.3) is 0 Å². The number of carbonyl (C=O) groups excluding carboxylic acids is 3. The zero-order chi connectivity index (χ0) is 21.5. The van der Waals surface area contributed by atoms with E-state index in [9.17, 15) is 27.6 Å². The van der Waals surface area contributed by atoms with Crippen LogP contribution in [0.2, 0.25) is 0 Å². The Morgan fingerprint density at radius 3 is 2.07 bits per heavy atom. The number of esters is 1. The van der Waals surface area contributed by atoms with E-state index in [4.69, 9.17) is 4.74 Å². The second-order valence-electron chi connectivity index (χ2n) is 6.66. The first kappa shape index (κ1) is 19.6. The SMILES string of the molecule is O=C(OCc1ccccc1C(F)(F)F)c1cccc2c1C(=O)c1ccccc1C2=O. The van der Waals surface area contributed by atoms with Crippen LogP contribution in [0.5, 0.6) is 0 Å². The van der Waals surface area contributed by atoms with Gasteiger partial charge in [-0.05, 0) is 12.1 Å². The Kier molecular flexibility index (Phi) is 4.73. The lowest BCUT2D eigenvalue weighted by Gasteiger charge is -2.19. The molecule has 0 bridgehead atoms. The Morgan fingerprint density at radius 2 is 1.37 bits per heavy atom. The standard InChI is InChI=1S/C23H13F3O4/c24-23(25,26)18-11-4-1-6-13(18)12-30-22(29)17-10-5-9-16-19(17)21(28)15-8-3-2-7-14(15)20(16)27/h1-11H,12H2. The van der Waals surface area contributed by atoms with E-state index in [1.54, 1.807) is 12.1 Å². The largest absolute Gasteiger partial charge is 0.457 e. The maximum absolute atomic E-state index is 13.1. The molecule has 0 atom stereocenters. The Hall–Kier alpha value is -3.74. The quantitative estimate of drug-likeness (QED) is 0.454. The molecular formula is C23H13F3O4. The monoisotopic (exact) mass is 410 g/mol. The van der Waals surface area contributed by atoms with Gasteiger partial charge in [0.15, 0.2) is 11.6 Å². The van der Waals surface area contributed by atoms with Crippen molar-refractivity contribution < 1.29 is 32.3 Å². The van der Waals surface area contributed by atoms with Gasteiger partial charge in [0, 0.05) is 27.8 Å². The van der Waals surface area contributed by atoms with Crippen LogP contribution in [-0.2, 0) is 17.5 Å². The fraction of sp³-hybridized carbons (Fsp3) is 0.0870. The summed E-state index contributed by atoms with van der Waals surface area (Å²) < 4.78 is 44.5. The molecule has 0 amide bonds. The molecular weight excluding hydrogens is 397 g/mol. The summed E-state index contributed by atoms with van der Waals surface area (Å²) in [4.78, 5) is 38.3. The van der Waals surface area contributed by atoms with Crippen molar-refractivity contribution >= 4 is 17.5 Å². The highest BCUT2D eigenvalue weighted by Gasteiger charge is 2.35. The number of ketones is 2. The zero-order valence-electron chi connectivity index (χ0n) is 15.3. The van der Waals surface area contributed by atoms with Crippen LogP contribution >= 0.6 is 0 Å². The van der Waals surface area contributed by atoms with Crippen molar-refractivity contribution in [2.45, 2.75) is 12.8 Å². The summed E-state index contributed by atoms with van der Waals surface area (Å²) in [6.07, 6.45) is -4.60. The van der Waals surface area contributed by atoms with Crippen LogP contribution in [-0.4, -0.2) is 17.5 Å². The molecule has 0 aliphatic heterocycles. The highest BCUT2D eigenvalue weighted by atomic mass is 19.4. The van der Waals surface area contributed by atoms with E-state index >= 15 is 0 Å². The Morgan fingerprint density at radius 1 is 0.767 bits per heavy atom. The number of hydrogen-bond donors (Lipinski definition) is 0. The lowest BCUT2D eigenvalue weighted by molar-refractivity contribution is -0.138. The number of alkyl halides is 3. The molecule has 3 aromatic rings. The number of hydrogen-bond acceptors (Lipinski definition) is 4. The molecule has 0 spiro atoms. The summed E-state index contributed by atoms with van der Waals surface area (Å²) in [6, 6.07) is 15.2. The highest BCUT2D eigenvalue weighted by Crippen LogP contribution is 2.33. The van der Waals surface area contributed by atoms with Crippen molar-refractivity contribution in [2.24, 2.45) is 0 Å². The molecule has 4 nitrogen and oxygen atoms in total. The molecule has 0 aromatic heterocycles. The fourth-order valence-electron chi connectivity index (χ4n) is 3.46. The van der Waals surface area contributed by atoms with Crippen molar-refractivity contribution in [3.63, 3.8) is 0 Å². The molecule has 30 heavy (non-hydrogen) atoms. The second kappa shape index (κ2) is 7.26. The summed E-state index contributed by atoms with van der Waals surface area (Å²) in [7, 11) is 0. The zero-order valence-corrected chi connectivity index (χ0v) is 15.3. The summed E-state index contributed by atoms with van der Waals surface area (Å²) in [5.41, 5.74) is -0.926. The van der Waals surface area contributed by atoms with Gasteiger partial charge in [-0.2, -0.15) is 13.2 Å². The maximum Gasteiger partial charge on any atom is 0.416 e. The summed E-state index contributed by atoms with van der Waals surface area (Å²) in [6.45, 7) is -0.628. The average Bonchev–Trinajstić information content (AvgIpc) is 2.75. The lowest BCUT2D eigenvalue weighted by atomic mass is 9.82. The van der Waals surface area contributed by atoms with Gasteiger partial charge in [-0.3, -0.25) is 9.59 Å². The first-order valence-electron chi connectivity index (χ1n) is 8.92. The minimum Gasteiger partial charge on any atom is -0.457 e. The fourth-order valence-corrected chi connectivity index (χ4v) is 3.46. The molecule has 4 rings (SSSR count). The predicted octanol–water partition coefficient (Wildman–Crippen LogP) is 4.84. The molecule has 0 N–H and O–H groups in total. The minimum atomic E-state index is -4.60. The molecule has 0 radical (unpaired) electrons. The van der Waals surface area contributed by atoms with Crippen LogP contribution in [0, 0.1) is 0 Å². The van der Waals surface area contributed by atoms with Gasteiger partial charge in [-0.1, -0.05) is 54.6 Å². The highest BCUT2D eigenvalue weighted by molar-refractivity contribution is 6.30. The Bertz CT molecular complexity index is 1200.